The van der Waals surface area contributed by atoms with Crippen molar-refractivity contribution in [1.82, 2.24) is 15.0 Å². The van der Waals surface area contributed by atoms with E-state index in [0.717, 1.165) is 30.2 Å². The van der Waals surface area contributed by atoms with E-state index in [9.17, 15) is 9.90 Å². The van der Waals surface area contributed by atoms with E-state index in [1.54, 1.807) is 24.5 Å². The first-order chi connectivity index (χ1) is 13.1. The number of aromatic carboxylic acids is 1. The molecule has 0 radical (unpaired) electrons. The molecule has 136 valence electrons. The molecule has 0 spiro atoms. The number of hydrogen-bond acceptors (Lipinski definition) is 5. The van der Waals surface area contributed by atoms with Crippen molar-refractivity contribution in [2.75, 3.05) is 18.0 Å². The number of anilines is 1. The molecule has 1 aliphatic heterocycles. The summed E-state index contributed by atoms with van der Waals surface area (Å²) >= 11 is 0. The van der Waals surface area contributed by atoms with Crippen LogP contribution in [0.5, 0.6) is 0 Å². The first-order valence-electron chi connectivity index (χ1n) is 9.00. The topological polar surface area (TPSA) is 79.2 Å². The number of carboxylic acid groups (broad SMARTS) is 1. The van der Waals surface area contributed by atoms with Gasteiger partial charge in [-0.15, -0.1) is 0 Å². The Labute approximate surface area is 157 Å². The molecule has 1 fully saturated rings. The van der Waals surface area contributed by atoms with Gasteiger partial charge in [0.2, 0.25) is 5.95 Å². The van der Waals surface area contributed by atoms with Crippen LogP contribution >= 0.6 is 0 Å². The Kier molecular flexibility index (Phi) is 4.54. The van der Waals surface area contributed by atoms with Crippen LogP contribution in [-0.2, 0) is 0 Å². The van der Waals surface area contributed by atoms with Gasteiger partial charge < -0.3 is 10.0 Å². The van der Waals surface area contributed by atoms with Crippen LogP contribution in [0.2, 0.25) is 0 Å². The van der Waals surface area contributed by atoms with Gasteiger partial charge in [-0.25, -0.2) is 19.7 Å². The highest BCUT2D eigenvalue weighted by Gasteiger charge is 2.14. The zero-order valence-corrected chi connectivity index (χ0v) is 15.1. The fourth-order valence-electron chi connectivity index (χ4n) is 3.30. The van der Waals surface area contributed by atoms with Crippen molar-refractivity contribution in [3.8, 4) is 0 Å². The van der Waals surface area contributed by atoms with Crippen molar-refractivity contribution >= 4 is 35.0 Å². The highest BCUT2D eigenvalue weighted by atomic mass is 16.4. The molecule has 1 N–H and O–H groups in total. The summed E-state index contributed by atoms with van der Waals surface area (Å²) in [7, 11) is 0. The van der Waals surface area contributed by atoms with Gasteiger partial charge in [0.15, 0.2) is 0 Å². The van der Waals surface area contributed by atoms with Crippen LogP contribution in [0.15, 0.2) is 36.7 Å². The Balaban J connectivity index is 1.62. The highest BCUT2D eigenvalue weighted by Crippen LogP contribution is 2.21. The summed E-state index contributed by atoms with van der Waals surface area (Å²) in [4.78, 5) is 27.2. The second-order valence-corrected chi connectivity index (χ2v) is 6.76. The minimum absolute atomic E-state index is 0.254. The molecule has 3 aromatic rings. The SMILES string of the molecule is Cc1ccc2nc(/C=C/c3cnc(N4CCCC4)nc3)cc(C(=O)O)c2c1. The van der Waals surface area contributed by atoms with Crippen molar-refractivity contribution in [2.24, 2.45) is 0 Å². The number of pyridine rings is 1. The zero-order valence-electron chi connectivity index (χ0n) is 15.1. The largest absolute Gasteiger partial charge is 0.478 e. The van der Waals surface area contributed by atoms with Crippen molar-refractivity contribution in [1.29, 1.82) is 0 Å². The van der Waals surface area contributed by atoms with E-state index in [1.165, 1.54) is 12.8 Å². The lowest BCUT2D eigenvalue weighted by Gasteiger charge is -2.14. The highest BCUT2D eigenvalue weighted by molar-refractivity contribution is 6.03. The normalized spacial score (nSPS) is 14.3. The summed E-state index contributed by atoms with van der Waals surface area (Å²) in [6.45, 7) is 3.95. The molecule has 2 aromatic heterocycles. The quantitative estimate of drug-likeness (QED) is 0.762. The van der Waals surface area contributed by atoms with Crippen LogP contribution in [0.4, 0.5) is 5.95 Å². The van der Waals surface area contributed by atoms with E-state index in [4.69, 9.17) is 0 Å². The molecule has 1 aliphatic rings. The van der Waals surface area contributed by atoms with Crippen molar-refractivity contribution in [2.45, 2.75) is 19.8 Å². The molecule has 0 aliphatic carbocycles. The fourth-order valence-corrected chi connectivity index (χ4v) is 3.30. The molecule has 0 bridgehead atoms. The average Bonchev–Trinajstić information content (AvgIpc) is 3.21. The number of aryl methyl sites for hydroxylation is 1. The number of carboxylic acids is 1. The van der Waals surface area contributed by atoms with Gasteiger partial charge in [0, 0.05) is 36.4 Å². The van der Waals surface area contributed by atoms with E-state index >= 15 is 0 Å². The van der Waals surface area contributed by atoms with Gasteiger partial charge in [0.1, 0.15) is 0 Å². The van der Waals surface area contributed by atoms with Crippen molar-refractivity contribution in [3.63, 3.8) is 0 Å². The van der Waals surface area contributed by atoms with E-state index in [2.05, 4.69) is 19.9 Å². The summed E-state index contributed by atoms with van der Waals surface area (Å²) in [6.07, 6.45) is 9.56. The average molecular weight is 360 g/mol. The summed E-state index contributed by atoms with van der Waals surface area (Å²) in [5.41, 5.74) is 3.36. The Hall–Kier alpha value is -3.28. The smallest absolute Gasteiger partial charge is 0.336 e. The third kappa shape index (κ3) is 3.65. The minimum Gasteiger partial charge on any atom is -0.478 e. The molecule has 0 saturated carbocycles. The van der Waals surface area contributed by atoms with Gasteiger partial charge in [-0.3, -0.25) is 0 Å². The second-order valence-electron chi connectivity index (χ2n) is 6.76. The first-order valence-corrected chi connectivity index (χ1v) is 9.00. The van der Waals surface area contributed by atoms with E-state index in [1.807, 2.05) is 31.2 Å². The van der Waals surface area contributed by atoms with Crippen LogP contribution in [0.1, 0.15) is 40.0 Å². The van der Waals surface area contributed by atoms with Gasteiger partial charge in [-0.05, 0) is 50.1 Å². The van der Waals surface area contributed by atoms with Gasteiger partial charge in [0.25, 0.3) is 0 Å². The monoisotopic (exact) mass is 360 g/mol. The van der Waals surface area contributed by atoms with Gasteiger partial charge in [-0.1, -0.05) is 11.6 Å². The molecule has 1 saturated heterocycles. The standard InChI is InChI=1S/C21H20N4O2/c1-14-4-7-19-17(10-14)18(20(26)27)11-16(24-19)6-5-15-12-22-21(23-13-15)25-8-2-3-9-25/h4-7,10-13H,2-3,8-9H2,1H3,(H,26,27)/b6-5+. The zero-order chi connectivity index (χ0) is 18.8. The molecule has 27 heavy (non-hydrogen) atoms. The van der Waals surface area contributed by atoms with Crippen LogP contribution < -0.4 is 4.90 Å². The summed E-state index contributed by atoms with van der Waals surface area (Å²) < 4.78 is 0. The predicted octanol–water partition coefficient (Wildman–Crippen LogP) is 3.80. The molecule has 1 aromatic carbocycles. The maximum Gasteiger partial charge on any atom is 0.336 e. The number of aromatic nitrogens is 3. The number of carbonyl (C=O) groups is 1. The van der Waals surface area contributed by atoms with Crippen molar-refractivity contribution < 1.29 is 9.90 Å². The minimum atomic E-state index is -0.957. The molecular weight excluding hydrogens is 340 g/mol. The number of rotatable bonds is 4. The van der Waals surface area contributed by atoms with Gasteiger partial charge >= 0.3 is 5.97 Å². The van der Waals surface area contributed by atoms with Gasteiger partial charge in [-0.2, -0.15) is 0 Å². The third-order valence-corrected chi connectivity index (χ3v) is 4.71. The lowest BCUT2D eigenvalue weighted by molar-refractivity contribution is 0.0699. The third-order valence-electron chi connectivity index (χ3n) is 4.71. The van der Waals surface area contributed by atoms with Gasteiger partial charge in [0.05, 0.1) is 16.8 Å². The Morgan fingerprint density at radius 3 is 2.56 bits per heavy atom. The molecule has 0 atom stereocenters. The maximum atomic E-state index is 11.6. The lowest BCUT2D eigenvalue weighted by atomic mass is 10.0. The fraction of sp³-hybridized carbons (Fsp3) is 0.238. The van der Waals surface area contributed by atoms with E-state index in [-0.39, 0.29) is 5.56 Å². The Bertz CT molecular complexity index is 1020. The van der Waals surface area contributed by atoms with Crippen LogP contribution in [-0.4, -0.2) is 39.1 Å². The number of benzene rings is 1. The lowest BCUT2D eigenvalue weighted by Crippen LogP contribution is -2.20. The van der Waals surface area contributed by atoms with Crippen LogP contribution in [0.25, 0.3) is 23.1 Å². The summed E-state index contributed by atoms with van der Waals surface area (Å²) in [6, 6.07) is 7.23. The molecule has 0 unspecified atom stereocenters. The maximum absolute atomic E-state index is 11.6. The van der Waals surface area contributed by atoms with Crippen LogP contribution in [0.3, 0.4) is 0 Å². The Morgan fingerprint density at radius 1 is 1.11 bits per heavy atom. The number of hydrogen-bond donors (Lipinski definition) is 1. The van der Waals surface area contributed by atoms with Crippen molar-refractivity contribution in [3.05, 3.63) is 59.0 Å². The first kappa shape index (κ1) is 17.1. The van der Waals surface area contributed by atoms with E-state index < -0.39 is 5.97 Å². The molecule has 4 rings (SSSR count). The number of fused-ring (bicyclic) bond motifs is 1. The predicted molar refractivity (Wildman–Crippen MR) is 106 cm³/mol. The van der Waals surface area contributed by atoms with Crippen LogP contribution in [0, 0.1) is 6.92 Å². The summed E-state index contributed by atoms with van der Waals surface area (Å²) in [5.74, 6) is -0.196. The second kappa shape index (κ2) is 7.15. The van der Waals surface area contributed by atoms with E-state index in [0.29, 0.717) is 16.6 Å². The molecule has 6 nitrogen and oxygen atoms in total. The Morgan fingerprint density at radius 2 is 1.85 bits per heavy atom. The molecule has 6 heteroatoms. The number of nitrogens with zero attached hydrogens (tertiary/aromatic N) is 4. The summed E-state index contributed by atoms with van der Waals surface area (Å²) in [5, 5.41) is 10.2. The molecule has 3 heterocycles. The molecule has 0 amide bonds. The molecular formula is C21H20N4O2.